The van der Waals surface area contributed by atoms with Crippen molar-refractivity contribution >= 4 is 23.4 Å². The summed E-state index contributed by atoms with van der Waals surface area (Å²) >= 11 is 0. The van der Waals surface area contributed by atoms with Crippen LogP contribution in [0.2, 0.25) is 0 Å². The van der Waals surface area contributed by atoms with Gasteiger partial charge in [-0.1, -0.05) is 36.3 Å². The van der Waals surface area contributed by atoms with E-state index in [1.54, 1.807) is 0 Å². The summed E-state index contributed by atoms with van der Waals surface area (Å²) < 4.78 is 0. The summed E-state index contributed by atoms with van der Waals surface area (Å²) in [5.41, 5.74) is 3.11. The normalized spacial score (nSPS) is 32.9. The molecule has 5 nitrogen and oxygen atoms in total. The summed E-state index contributed by atoms with van der Waals surface area (Å²) in [5, 5.41) is 2.98. The molecule has 2 bridgehead atoms. The molecule has 4 aliphatic carbocycles. The molecule has 5 aliphatic rings. The van der Waals surface area contributed by atoms with E-state index in [1.165, 1.54) is 16.9 Å². The minimum absolute atomic E-state index is 0.0168. The molecule has 0 spiro atoms. The average Bonchev–Trinajstić information content (AvgIpc) is 3.50. The summed E-state index contributed by atoms with van der Waals surface area (Å²) in [6, 6.07) is 6.00. The van der Waals surface area contributed by atoms with Crippen LogP contribution in [0, 0.1) is 49.4 Å². The highest BCUT2D eigenvalue weighted by Crippen LogP contribution is 2.65. The smallest absolute Gasteiger partial charge is 0.233 e. The van der Waals surface area contributed by atoms with Gasteiger partial charge in [-0.15, -0.1) is 0 Å². The van der Waals surface area contributed by atoms with Crippen molar-refractivity contribution in [2.24, 2.45) is 35.5 Å². The summed E-state index contributed by atoms with van der Waals surface area (Å²) in [6.45, 7) is 4.53. The number of benzene rings is 1. The third kappa shape index (κ3) is 3.19. The van der Waals surface area contributed by atoms with Crippen LogP contribution in [0.4, 0.5) is 5.69 Å². The number of allylic oxidation sites excluding steroid dienone is 2. The number of nitrogens with one attached hydrogen (secondary N) is 1. The van der Waals surface area contributed by atoms with E-state index in [-0.39, 0.29) is 29.6 Å². The predicted octanol–water partition coefficient (Wildman–Crippen LogP) is 3.86. The van der Waals surface area contributed by atoms with Gasteiger partial charge in [0.1, 0.15) is 0 Å². The Morgan fingerprint density at radius 2 is 1.67 bits per heavy atom. The number of likely N-dealkylation sites (tertiary alicyclic amines) is 1. The first-order chi connectivity index (χ1) is 14.5. The van der Waals surface area contributed by atoms with E-state index < -0.39 is 0 Å². The predicted molar refractivity (Wildman–Crippen MR) is 114 cm³/mol. The zero-order valence-electron chi connectivity index (χ0n) is 17.8. The number of unbranched alkanes of at least 4 members (excludes halogenated alkanes) is 2. The number of nitrogens with zero attached hydrogens (tertiary/aromatic N) is 1. The van der Waals surface area contributed by atoms with Crippen LogP contribution in [0.5, 0.6) is 0 Å². The molecule has 3 fully saturated rings. The monoisotopic (exact) mass is 406 g/mol. The Kier molecular flexibility index (Phi) is 4.79. The Hall–Kier alpha value is -2.43. The molecule has 2 saturated carbocycles. The molecule has 6 rings (SSSR count). The molecule has 1 heterocycles. The first-order valence-electron chi connectivity index (χ1n) is 11.4. The average molecular weight is 407 g/mol. The number of aryl methyl sites for hydroxylation is 2. The molecule has 1 aliphatic heterocycles. The Balaban J connectivity index is 1.08. The Bertz CT molecular complexity index is 900. The van der Waals surface area contributed by atoms with E-state index in [1.807, 2.05) is 26.0 Å². The molecular weight excluding hydrogens is 376 g/mol. The summed E-state index contributed by atoms with van der Waals surface area (Å²) in [7, 11) is 0. The van der Waals surface area contributed by atoms with Crippen LogP contribution in [-0.2, 0) is 14.4 Å². The SMILES string of the molecule is Cc1ccc(NC(=O)CCCCCN2C(=O)C3C4C=CC(C5CC45)C3C2=O)c(C)c1. The summed E-state index contributed by atoms with van der Waals surface area (Å²) in [5.74, 6) is 1.82. The fourth-order valence-electron chi connectivity index (χ4n) is 6.14. The van der Waals surface area contributed by atoms with Gasteiger partial charge in [0, 0.05) is 18.7 Å². The highest BCUT2D eigenvalue weighted by atomic mass is 16.2. The van der Waals surface area contributed by atoms with Gasteiger partial charge in [0.15, 0.2) is 0 Å². The van der Waals surface area contributed by atoms with E-state index in [0.29, 0.717) is 36.6 Å². The third-order valence-electron chi connectivity index (χ3n) is 7.70. The molecule has 1 aromatic carbocycles. The summed E-state index contributed by atoms with van der Waals surface area (Å²) in [6.07, 6.45) is 8.44. The molecule has 6 atom stereocenters. The van der Waals surface area contributed by atoms with Gasteiger partial charge >= 0.3 is 0 Å². The number of anilines is 1. The van der Waals surface area contributed by atoms with Gasteiger partial charge in [-0.25, -0.2) is 0 Å². The molecule has 0 radical (unpaired) electrons. The molecule has 0 aromatic heterocycles. The van der Waals surface area contributed by atoms with Crippen molar-refractivity contribution in [2.45, 2.75) is 46.0 Å². The van der Waals surface area contributed by atoms with Gasteiger partial charge in [0.05, 0.1) is 11.8 Å². The third-order valence-corrected chi connectivity index (χ3v) is 7.70. The van der Waals surface area contributed by atoms with Crippen molar-refractivity contribution in [3.63, 3.8) is 0 Å². The lowest BCUT2D eigenvalue weighted by molar-refractivity contribution is -0.140. The van der Waals surface area contributed by atoms with E-state index in [9.17, 15) is 14.4 Å². The first kappa shape index (κ1) is 19.5. The van der Waals surface area contributed by atoms with Gasteiger partial charge in [0.25, 0.3) is 0 Å². The number of carbonyl (C=O) groups excluding carboxylic acids is 3. The second-order valence-electron chi connectivity index (χ2n) is 9.66. The van der Waals surface area contributed by atoms with Gasteiger partial charge in [0.2, 0.25) is 17.7 Å². The van der Waals surface area contributed by atoms with Crippen molar-refractivity contribution < 1.29 is 14.4 Å². The number of rotatable bonds is 7. The second-order valence-corrected chi connectivity index (χ2v) is 9.66. The maximum absolute atomic E-state index is 12.9. The van der Waals surface area contributed by atoms with Gasteiger partial charge in [-0.3, -0.25) is 19.3 Å². The molecule has 1 aromatic rings. The zero-order valence-corrected chi connectivity index (χ0v) is 17.8. The Morgan fingerprint density at radius 3 is 2.30 bits per heavy atom. The molecule has 158 valence electrons. The number of imide groups is 1. The lowest BCUT2D eigenvalue weighted by atomic mass is 9.63. The van der Waals surface area contributed by atoms with Crippen molar-refractivity contribution in [2.75, 3.05) is 11.9 Å². The van der Waals surface area contributed by atoms with E-state index in [4.69, 9.17) is 0 Å². The number of amides is 3. The zero-order chi connectivity index (χ0) is 21.0. The molecular formula is C25H30N2O3. The van der Waals surface area contributed by atoms with Crippen LogP contribution in [0.3, 0.4) is 0 Å². The van der Waals surface area contributed by atoms with Crippen LogP contribution in [0.25, 0.3) is 0 Å². The standard InChI is InChI=1S/C25H30N2O3/c1-14-7-10-20(15(2)12-14)26-21(28)6-4-3-5-11-27-24(29)22-16-8-9-17(19-13-18(16)19)23(22)25(27)30/h7-10,12,16-19,22-23H,3-6,11,13H2,1-2H3,(H,26,28). The number of carbonyl (C=O) groups is 3. The maximum Gasteiger partial charge on any atom is 0.233 e. The second kappa shape index (κ2) is 7.36. The van der Waals surface area contributed by atoms with Crippen molar-refractivity contribution in [3.8, 4) is 0 Å². The molecule has 3 amide bonds. The lowest BCUT2D eigenvalue weighted by Gasteiger charge is -2.37. The van der Waals surface area contributed by atoms with Crippen LogP contribution in [0.15, 0.2) is 30.4 Å². The minimum Gasteiger partial charge on any atom is -0.326 e. The van der Waals surface area contributed by atoms with Gasteiger partial charge in [-0.05, 0) is 68.4 Å². The topological polar surface area (TPSA) is 66.5 Å². The molecule has 5 heteroatoms. The van der Waals surface area contributed by atoms with Crippen LogP contribution in [0.1, 0.15) is 43.2 Å². The van der Waals surface area contributed by atoms with E-state index >= 15 is 0 Å². The highest BCUT2D eigenvalue weighted by molar-refractivity contribution is 6.06. The van der Waals surface area contributed by atoms with E-state index in [2.05, 4.69) is 23.5 Å². The van der Waals surface area contributed by atoms with Crippen molar-refractivity contribution in [1.29, 1.82) is 0 Å². The fraction of sp³-hybridized carbons (Fsp3) is 0.560. The summed E-state index contributed by atoms with van der Waals surface area (Å²) in [4.78, 5) is 39.6. The van der Waals surface area contributed by atoms with Crippen LogP contribution in [-0.4, -0.2) is 29.2 Å². The van der Waals surface area contributed by atoms with Crippen molar-refractivity contribution in [3.05, 3.63) is 41.5 Å². The van der Waals surface area contributed by atoms with Gasteiger partial charge < -0.3 is 5.32 Å². The number of hydrogen-bond acceptors (Lipinski definition) is 3. The molecule has 1 saturated heterocycles. The molecule has 1 N–H and O–H groups in total. The van der Waals surface area contributed by atoms with Crippen molar-refractivity contribution in [1.82, 2.24) is 4.90 Å². The maximum atomic E-state index is 12.9. The molecule has 30 heavy (non-hydrogen) atoms. The number of hydrogen-bond donors (Lipinski definition) is 1. The molecule has 6 unspecified atom stereocenters. The quantitative estimate of drug-likeness (QED) is 0.425. The largest absolute Gasteiger partial charge is 0.326 e. The van der Waals surface area contributed by atoms with E-state index in [0.717, 1.165) is 30.5 Å². The highest BCUT2D eigenvalue weighted by Gasteiger charge is 2.66. The fourth-order valence-corrected chi connectivity index (χ4v) is 6.14. The first-order valence-corrected chi connectivity index (χ1v) is 11.4. The Labute approximate surface area is 177 Å². The minimum atomic E-state index is -0.0974. The lowest BCUT2D eigenvalue weighted by Crippen LogP contribution is -2.40. The van der Waals surface area contributed by atoms with Crippen LogP contribution < -0.4 is 5.32 Å². The van der Waals surface area contributed by atoms with Gasteiger partial charge in [-0.2, -0.15) is 0 Å². The van der Waals surface area contributed by atoms with Crippen LogP contribution >= 0.6 is 0 Å². The Morgan fingerprint density at radius 1 is 1.00 bits per heavy atom.